The second-order valence-corrected chi connectivity index (χ2v) is 2.23. The normalized spacial score (nSPS) is 10.2. The van der Waals surface area contributed by atoms with Crippen LogP contribution in [0.3, 0.4) is 0 Å². The van der Waals surface area contributed by atoms with Crippen molar-refractivity contribution in [1.29, 1.82) is 0 Å². The van der Waals surface area contributed by atoms with Crippen LogP contribution in [0.25, 0.3) is 0 Å². The van der Waals surface area contributed by atoms with E-state index in [0.717, 1.165) is 38.9 Å². The first kappa shape index (κ1) is 9.92. The van der Waals surface area contributed by atoms with Crippen LogP contribution in [0.15, 0.2) is 0 Å². The van der Waals surface area contributed by atoms with Gasteiger partial charge in [0.2, 0.25) is 0 Å². The molecule has 0 atom stereocenters. The first-order valence-corrected chi connectivity index (χ1v) is 3.87. The van der Waals surface area contributed by atoms with E-state index < -0.39 is 0 Å². The Balaban J connectivity index is 2.65. The monoisotopic (exact) mass is 144 g/mol. The van der Waals surface area contributed by atoms with Gasteiger partial charge in [-0.2, -0.15) is 0 Å². The summed E-state index contributed by atoms with van der Waals surface area (Å²) in [6.45, 7) is 5.25. The van der Waals surface area contributed by atoms with Crippen molar-refractivity contribution < 1.29 is 9.84 Å². The highest BCUT2D eigenvalue weighted by molar-refractivity contribution is 4.40. The van der Waals surface area contributed by atoms with E-state index in [-0.39, 0.29) is 6.61 Å². The van der Waals surface area contributed by atoms with Gasteiger partial charge in [-0.1, -0.05) is 13.3 Å². The van der Waals surface area contributed by atoms with E-state index in [9.17, 15) is 5.11 Å². The average Bonchev–Trinajstić information content (AvgIpc) is 1.97. The first-order valence-electron chi connectivity index (χ1n) is 3.87. The Bertz CT molecular complexity index is 47.2. The predicted molar refractivity (Wildman–Crippen MR) is 40.2 cm³/mol. The number of hydrogen-bond acceptors (Lipinski definition) is 1. The molecule has 0 amide bonds. The van der Waals surface area contributed by atoms with Crippen LogP contribution in [0.4, 0.5) is 0 Å². The van der Waals surface area contributed by atoms with Crippen LogP contribution in [0.1, 0.15) is 25.7 Å². The summed E-state index contributed by atoms with van der Waals surface area (Å²) in [4.78, 5) is 0. The minimum absolute atomic E-state index is 0.0265. The molecule has 0 spiro atoms. The summed E-state index contributed by atoms with van der Waals surface area (Å²) in [7, 11) is 0. The second kappa shape index (κ2) is 8.92. The van der Waals surface area contributed by atoms with Crippen molar-refractivity contribution in [1.82, 2.24) is 0 Å². The van der Waals surface area contributed by atoms with Gasteiger partial charge in [0.1, 0.15) is 0 Å². The van der Waals surface area contributed by atoms with Gasteiger partial charge in [0.05, 0.1) is 6.61 Å². The molecule has 10 heavy (non-hydrogen) atoms. The Morgan fingerprint density at radius 1 is 1.10 bits per heavy atom. The van der Waals surface area contributed by atoms with Crippen molar-refractivity contribution in [3.05, 3.63) is 6.92 Å². The van der Waals surface area contributed by atoms with Crippen LogP contribution in [-0.2, 0) is 9.84 Å². The molecule has 0 N–H and O–H groups in total. The minimum atomic E-state index is 0.0265. The van der Waals surface area contributed by atoms with E-state index in [1.54, 1.807) is 0 Å². The number of hydrogen-bond donors (Lipinski definition) is 0. The molecule has 60 valence electrons. The van der Waals surface area contributed by atoms with Gasteiger partial charge in [0.15, 0.2) is 0 Å². The number of unbranched alkanes of at least 4 members (excludes halogenated alkanes) is 2. The molecule has 0 fully saturated rings. The molecule has 0 aromatic rings. The molecule has 0 aromatic heterocycles. The molecule has 0 rings (SSSR count). The highest BCUT2D eigenvalue weighted by Crippen LogP contribution is 1.91. The fourth-order valence-electron chi connectivity index (χ4n) is 0.612. The fraction of sp³-hybridized carbons (Fsp3) is 0.875. The van der Waals surface area contributed by atoms with Crippen molar-refractivity contribution >= 4 is 0 Å². The molecule has 0 saturated carbocycles. The van der Waals surface area contributed by atoms with Gasteiger partial charge in [-0.25, -0.2) is 5.11 Å². The van der Waals surface area contributed by atoms with Crippen molar-refractivity contribution in [2.24, 2.45) is 0 Å². The van der Waals surface area contributed by atoms with Crippen molar-refractivity contribution in [2.75, 3.05) is 19.8 Å². The lowest BCUT2D eigenvalue weighted by atomic mass is 10.3. The van der Waals surface area contributed by atoms with Crippen molar-refractivity contribution in [3.8, 4) is 0 Å². The van der Waals surface area contributed by atoms with Crippen LogP contribution in [0.5, 0.6) is 0 Å². The molecule has 0 aliphatic rings. The van der Waals surface area contributed by atoms with E-state index in [1.165, 1.54) is 0 Å². The molecular weight excluding hydrogens is 128 g/mol. The Kier molecular flexibility index (Phi) is 8.85. The summed E-state index contributed by atoms with van der Waals surface area (Å²) in [5.41, 5.74) is 0. The summed E-state index contributed by atoms with van der Waals surface area (Å²) in [5, 5.41) is 9.95. The summed E-state index contributed by atoms with van der Waals surface area (Å²) in [6, 6.07) is 0. The molecule has 0 unspecified atom stereocenters. The Labute approximate surface area is 63.2 Å². The molecule has 0 aromatic carbocycles. The SMILES string of the molecule is [CH2]CCCOCCCC[O]. The Hall–Kier alpha value is -0.0800. The lowest BCUT2D eigenvalue weighted by Crippen LogP contribution is -1.97. The van der Waals surface area contributed by atoms with E-state index in [2.05, 4.69) is 6.92 Å². The molecule has 2 radical (unpaired) electrons. The predicted octanol–water partition coefficient (Wildman–Crippen LogP) is 1.83. The van der Waals surface area contributed by atoms with Crippen LogP contribution in [0, 0.1) is 6.92 Å². The van der Waals surface area contributed by atoms with Gasteiger partial charge in [-0.05, 0) is 19.3 Å². The maximum absolute atomic E-state index is 9.95. The second-order valence-electron chi connectivity index (χ2n) is 2.23. The summed E-state index contributed by atoms with van der Waals surface area (Å²) >= 11 is 0. The zero-order chi connectivity index (χ0) is 7.66. The molecular formula is C8H16O2. The smallest absolute Gasteiger partial charge is 0.0823 e. The third-order valence-corrected chi connectivity index (χ3v) is 1.22. The number of rotatable bonds is 7. The molecule has 2 heteroatoms. The quantitative estimate of drug-likeness (QED) is 0.501. The third kappa shape index (κ3) is 7.92. The standard InChI is InChI=1S/C8H16O2/c1-2-3-7-10-8-5-4-6-9/h1-8H2. The zero-order valence-electron chi connectivity index (χ0n) is 6.47. The highest BCUT2D eigenvalue weighted by atomic mass is 16.5. The first-order chi connectivity index (χ1) is 4.91. The van der Waals surface area contributed by atoms with Crippen LogP contribution < -0.4 is 0 Å². The summed E-state index contributed by atoms with van der Waals surface area (Å²) < 4.78 is 5.20. The van der Waals surface area contributed by atoms with E-state index in [1.807, 2.05) is 0 Å². The maximum Gasteiger partial charge on any atom is 0.0823 e. The Morgan fingerprint density at radius 2 is 1.80 bits per heavy atom. The third-order valence-electron chi connectivity index (χ3n) is 1.22. The molecule has 0 aliphatic carbocycles. The van der Waals surface area contributed by atoms with Crippen LogP contribution >= 0.6 is 0 Å². The van der Waals surface area contributed by atoms with Gasteiger partial charge in [0.25, 0.3) is 0 Å². The van der Waals surface area contributed by atoms with Gasteiger partial charge in [-0.3, -0.25) is 0 Å². The summed E-state index contributed by atoms with van der Waals surface area (Å²) in [6.07, 6.45) is 3.60. The van der Waals surface area contributed by atoms with Crippen LogP contribution in [-0.4, -0.2) is 19.8 Å². The lowest BCUT2D eigenvalue weighted by Gasteiger charge is -2.00. The minimum Gasteiger partial charge on any atom is -0.381 e. The van der Waals surface area contributed by atoms with E-state index in [4.69, 9.17) is 4.74 Å². The van der Waals surface area contributed by atoms with Gasteiger partial charge in [-0.15, -0.1) is 0 Å². The molecule has 0 saturated heterocycles. The molecule has 0 heterocycles. The van der Waals surface area contributed by atoms with Crippen molar-refractivity contribution in [2.45, 2.75) is 25.7 Å². The highest BCUT2D eigenvalue weighted by Gasteiger charge is 1.87. The molecule has 0 bridgehead atoms. The van der Waals surface area contributed by atoms with Gasteiger partial charge in [0, 0.05) is 13.2 Å². The lowest BCUT2D eigenvalue weighted by molar-refractivity contribution is 0.115. The van der Waals surface area contributed by atoms with Gasteiger partial charge >= 0.3 is 0 Å². The van der Waals surface area contributed by atoms with E-state index in [0.29, 0.717) is 0 Å². The number of ether oxygens (including phenoxy) is 1. The Morgan fingerprint density at radius 3 is 2.40 bits per heavy atom. The topological polar surface area (TPSA) is 29.1 Å². The zero-order valence-corrected chi connectivity index (χ0v) is 6.47. The fourth-order valence-corrected chi connectivity index (χ4v) is 0.612. The van der Waals surface area contributed by atoms with E-state index >= 15 is 0 Å². The van der Waals surface area contributed by atoms with Crippen LogP contribution in [0.2, 0.25) is 0 Å². The largest absolute Gasteiger partial charge is 0.381 e. The summed E-state index contributed by atoms with van der Waals surface area (Å²) in [5.74, 6) is 0. The molecule has 0 aliphatic heterocycles. The maximum atomic E-state index is 9.95. The molecule has 2 nitrogen and oxygen atoms in total. The average molecular weight is 144 g/mol. The van der Waals surface area contributed by atoms with Crippen molar-refractivity contribution in [3.63, 3.8) is 0 Å². The van der Waals surface area contributed by atoms with Gasteiger partial charge < -0.3 is 4.74 Å².